The summed E-state index contributed by atoms with van der Waals surface area (Å²) in [5.41, 5.74) is 0. The summed E-state index contributed by atoms with van der Waals surface area (Å²) in [6.07, 6.45) is -3.40. The number of rotatable bonds is 5. The first-order valence-electron chi connectivity index (χ1n) is 6.11. The third-order valence-corrected chi connectivity index (χ3v) is 2.99. The molecule has 0 saturated carbocycles. The van der Waals surface area contributed by atoms with E-state index in [1.165, 1.54) is 0 Å². The number of aliphatic hydroxyl groups is 4. The van der Waals surface area contributed by atoms with Crippen LogP contribution in [0.5, 0.6) is 0 Å². The number of ether oxygens (including phenoxy) is 1. The average Bonchev–Trinajstić information content (AvgIpc) is 2.36. The van der Waals surface area contributed by atoms with Crippen LogP contribution in [0.2, 0.25) is 0 Å². The molecule has 1 saturated heterocycles. The van der Waals surface area contributed by atoms with E-state index in [1.54, 1.807) is 0 Å². The van der Waals surface area contributed by atoms with Crippen molar-refractivity contribution < 1.29 is 30.0 Å². The lowest BCUT2D eigenvalue weighted by Gasteiger charge is -2.40. The van der Waals surface area contributed by atoms with E-state index in [2.05, 4.69) is 5.32 Å². The molecule has 0 aromatic heterocycles. The summed E-state index contributed by atoms with van der Waals surface area (Å²) in [5, 5.41) is 40.3. The molecule has 1 heterocycles. The number of hydrogen-bond acceptors (Lipinski definition) is 6. The van der Waals surface area contributed by atoms with Crippen LogP contribution in [-0.2, 0) is 9.53 Å². The van der Waals surface area contributed by atoms with Gasteiger partial charge in [0.15, 0.2) is 6.29 Å². The highest BCUT2D eigenvalue weighted by Crippen LogP contribution is 2.19. The molecule has 0 aliphatic carbocycles. The zero-order valence-corrected chi connectivity index (χ0v) is 10.3. The maximum absolute atomic E-state index is 11.5. The number of amides is 1. The van der Waals surface area contributed by atoms with E-state index in [9.17, 15) is 20.1 Å². The summed E-state index contributed by atoms with van der Waals surface area (Å²) in [6.45, 7) is 1.42. The summed E-state index contributed by atoms with van der Waals surface area (Å²) in [4.78, 5) is 11.5. The predicted molar refractivity (Wildman–Crippen MR) is 61.4 cm³/mol. The number of hydrogen-bond donors (Lipinski definition) is 5. The molecule has 1 aliphatic rings. The molecule has 106 valence electrons. The summed E-state index contributed by atoms with van der Waals surface area (Å²) < 4.78 is 4.92. The van der Waals surface area contributed by atoms with Crippen molar-refractivity contribution in [1.82, 2.24) is 5.32 Å². The molecule has 5 atom stereocenters. The quantitative estimate of drug-likeness (QED) is 0.395. The second-order valence-electron chi connectivity index (χ2n) is 4.43. The van der Waals surface area contributed by atoms with Crippen LogP contribution in [0.3, 0.4) is 0 Å². The number of unbranched alkanes of at least 4 members (excludes halogenated alkanes) is 1. The highest BCUT2D eigenvalue weighted by molar-refractivity contribution is 5.76. The van der Waals surface area contributed by atoms with Crippen molar-refractivity contribution >= 4 is 5.91 Å². The lowest BCUT2D eigenvalue weighted by molar-refractivity contribution is -0.253. The van der Waals surface area contributed by atoms with Gasteiger partial charge in [0.2, 0.25) is 5.91 Å². The lowest BCUT2D eigenvalue weighted by atomic mass is 9.97. The second-order valence-corrected chi connectivity index (χ2v) is 4.43. The third kappa shape index (κ3) is 3.63. The van der Waals surface area contributed by atoms with Gasteiger partial charge in [0.1, 0.15) is 24.4 Å². The lowest BCUT2D eigenvalue weighted by Crippen LogP contribution is -2.64. The zero-order chi connectivity index (χ0) is 13.7. The Balaban J connectivity index is 2.57. The molecule has 1 rings (SSSR count). The molecular formula is C11H21NO6. The van der Waals surface area contributed by atoms with Gasteiger partial charge in [-0.1, -0.05) is 13.3 Å². The fourth-order valence-electron chi connectivity index (χ4n) is 1.85. The molecule has 7 nitrogen and oxygen atoms in total. The normalized spacial score (nSPS) is 36.4. The molecule has 5 N–H and O–H groups in total. The van der Waals surface area contributed by atoms with Crippen molar-refractivity contribution in [1.29, 1.82) is 0 Å². The van der Waals surface area contributed by atoms with Crippen LogP contribution in [0.4, 0.5) is 0 Å². The number of carbonyl (C=O) groups is 1. The van der Waals surface area contributed by atoms with E-state index >= 15 is 0 Å². The molecule has 1 fully saturated rings. The van der Waals surface area contributed by atoms with Crippen molar-refractivity contribution in [2.75, 3.05) is 6.61 Å². The number of nitrogens with one attached hydrogen (secondary N) is 1. The standard InChI is InChI=1S/C11H21NO6/c1-2-3-4-7(14)12-8-10(16)9(15)6(5-13)18-11(8)17/h6,8-11,13,15-17H,2-5H2,1H3,(H,12,14)/t6-,8+,9-,10-,11?/m1/s1. The molecular weight excluding hydrogens is 242 g/mol. The first kappa shape index (κ1) is 15.3. The minimum atomic E-state index is -1.45. The van der Waals surface area contributed by atoms with Gasteiger partial charge >= 0.3 is 0 Å². The molecule has 18 heavy (non-hydrogen) atoms. The van der Waals surface area contributed by atoms with Gasteiger partial charge in [-0.05, 0) is 6.42 Å². The Morgan fingerprint density at radius 1 is 1.28 bits per heavy atom. The van der Waals surface area contributed by atoms with E-state index in [1.807, 2.05) is 6.92 Å². The molecule has 1 aliphatic heterocycles. The van der Waals surface area contributed by atoms with Crippen LogP contribution < -0.4 is 5.32 Å². The molecule has 0 aromatic rings. The van der Waals surface area contributed by atoms with Gasteiger partial charge in [0, 0.05) is 6.42 Å². The van der Waals surface area contributed by atoms with Gasteiger partial charge in [0.25, 0.3) is 0 Å². The third-order valence-electron chi connectivity index (χ3n) is 2.99. The Labute approximate surface area is 105 Å². The predicted octanol–water partition coefficient (Wildman–Crippen LogP) is -1.91. The Kier molecular flexibility index (Phi) is 5.97. The smallest absolute Gasteiger partial charge is 0.220 e. The Hall–Kier alpha value is -0.730. The summed E-state index contributed by atoms with van der Waals surface area (Å²) in [5.74, 6) is -0.321. The highest BCUT2D eigenvalue weighted by Gasteiger charge is 2.44. The van der Waals surface area contributed by atoms with Gasteiger partial charge in [0.05, 0.1) is 6.61 Å². The van der Waals surface area contributed by atoms with Gasteiger partial charge in [-0.15, -0.1) is 0 Å². The second kappa shape index (κ2) is 7.01. The van der Waals surface area contributed by atoms with Crippen molar-refractivity contribution in [3.63, 3.8) is 0 Å². The fourth-order valence-corrected chi connectivity index (χ4v) is 1.85. The largest absolute Gasteiger partial charge is 0.394 e. The van der Waals surface area contributed by atoms with E-state index in [0.29, 0.717) is 6.42 Å². The molecule has 0 aromatic carbocycles. The first-order valence-corrected chi connectivity index (χ1v) is 6.11. The van der Waals surface area contributed by atoms with Crippen LogP contribution in [0.25, 0.3) is 0 Å². The summed E-state index contributed by atoms with van der Waals surface area (Å²) >= 11 is 0. The zero-order valence-electron chi connectivity index (χ0n) is 10.3. The fraction of sp³-hybridized carbons (Fsp3) is 0.909. The number of carbonyl (C=O) groups excluding carboxylic acids is 1. The van der Waals surface area contributed by atoms with E-state index in [0.717, 1.165) is 6.42 Å². The van der Waals surface area contributed by atoms with Gasteiger partial charge in [-0.3, -0.25) is 4.79 Å². The van der Waals surface area contributed by atoms with Gasteiger partial charge < -0.3 is 30.5 Å². The van der Waals surface area contributed by atoms with Crippen molar-refractivity contribution in [2.45, 2.75) is 56.8 Å². The Bertz CT molecular complexity index is 274. The SMILES string of the molecule is CCCCC(=O)N[C@@H]1C(O)O[C@H](CO)[C@@H](O)[C@@H]1O. The van der Waals surface area contributed by atoms with Crippen LogP contribution >= 0.6 is 0 Å². The van der Waals surface area contributed by atoms with Crippen LogP contribution in [0, 0.1) is 0 Å². The monoisotopic (exact) mass is 263 g/mol. The molecule has 0 radical (unpaired) electrons. The Morgan fingerprint density at radius 3 is 2.50 bits per heavy atom. The molecule has 7 heteroatoms. The van der Waals surface area contributed by atoms with Gasteiger partial charge in [-0.2, -0.15) is 0 Å². The van der Waals surface area contributed by atoms with E-state index in [4.69, 9.17) is 9.84 Å². The highest BCUT2D eigenvalue weighted by atomic mass is 16.6. The minimum absolute atomic E-state index is 0.284. The average molecular weight is 263 g/mol. The van der Waals surface area contributed by atoms with Crippen LogP contribution in [-0.4, -0.2) is 63.6 Å². The summed E-state index contributed by atoms with van der Waals surface area (Å²) in [7, 11) is 0. The summed E-state index contributed by atoms with van der Waals surface area (Å²) in [6, 6.07) is -1.09. The number of aliphatic hydroxyl groups excluding tert-OH is 4. The Morgan fingerprint density at radius 2 is 1.94 bits per heavy atom. The molecule has 1 unspecified atom stereocenters. The first-order chi connectivity index (χ1) is 8.51. The van der Waals surface area contributed by atoms with E-state index < -0.39 is 37.3 Å². The van der Waals surface area contributed by atoms with Crippen LogP contribution in [0.1, 0.15) is 26.2 Å². The van der Waals surface area contributed by atoms with Crippen molar-refractivity contribution in [3.05, 3.63) is 0 Å². The molecule has 0 bridgehead atoms. The maximum Gasteiger partial charge on any atom is 0.220 e. The van der Waals surface area contributed by atoms with E-state index in [-0.39, 0.29) is 12.3 Å². The van der Waals surface area contributed by atoms with Gasteiger partial charge in [-0.25, -0.2) is 0 Å². The van der Waals surface area contributed by atoms with Crippen LogP contribution in [0.15, 0.2) is 0 Å². The molecule has 1 amide bonds. The van der Waals surface area contributed by atoms with Crippen molar-refractivity contribution in [3.8, 4) is 0 Å². The topological polar surface area (TPSA) is 119 Å². The minimum Gasteiger partial charge on any atom is -0.394 e. The molecule has 0 spiro atoms. The van der Waals surface area contributed by atoms with Crippen molar-refractivity contribution in [2.24, 2.45) is 0 Å². The maximum atomic E-state index is 11.5.